The van der Waals surface area contributed by atoms with E-state index in [0.29, 0.717) is 12.2 Å². The number of nitrogens with one attached hydrogen (secondary N) is 2. The van der Waals surface area contributed by atoms with Crippen LogP contribution in [0.1, 0.15) is 23.8 Å². The second-order valence-corrected chi connectivity index (χ2v) is 4.39. The monoisotopic (exact) mass is 250 g/mol. The second-order valence-electron chi connectivity index (χ2n) is 4.39. The molecule has 2 N–H and O–H groups in total. The Morgan fingerprint density at radius 1 is 1.33 bits per heavy atom. The predicted octanol–water partition coefficient (Wildman–Crippen LogP) is 1.19. The topological polar surface area (TPSA) is 57.3 Å². The van der Waals surface area contributed by atoms with Gasteiger partial charge in [-0.15, -0.1) is 0 Å². The highest BCUT2D eigenvalue weighted by Gasteiger charge is 2.07. The number of amides is 1. The van der Waals surface area contributed by atoms with Crippen molar-refractivity contribution in [3.63, 3.8) is 0 Å². The minimum Gasteiger partial charge on any atom is -0.370 e. The fraction of sp³-hybridized carbons (Fsp3) is 0.538. The Morgan fingerprint density at radius 2 is 2.11 bits per heavy atom. The quantitative estimate of drug-likeness (QED) is 0.763. The van der Waals surface area contributed by atoms with Gasteiger partial charge in [-0.1, -0.05) is 13.0 Å². The highest BCUT2D eigenvalue weighted by molar-refractivity contribution is 5.92. The molecule has 1 rings (SSSR count). The molecule has 5 nitrogen and oxygen atoms in total. The maximum absolute atomic E-state index is 11.8. The van der Waals surface area contributed by atoms with Crippen LogP contribution in [-0.2, 0) is 0 Å². The first-order valence-electron chi connectivity index (χ1n) is 6.27. The molecular formula is C13H22N4O. The second kappa shape index (κ2) is 7.66. The van der Waals surface area contributed by atoms with E-state index >= 15 is 0 Å². The van der Waals surface area contributed by atoms with Crippen LogP contribution < -0.4 is 10.6 Å². The van der Waals surface area contributed by atoms with E-state index in [0.717, 1.165) is 25.3 Å². The van der Waals surface area contributed by atoms with Crippen molar-refractivity contribution in [1.82, 2.24) is 15.2 Å². The van der Waals surface area contributed by atoms with Gasteiger partial charge in [-0.2, -0.15) is 0 Å². The van der Waals surface area contributed by atoms with Crippen LogP contribution in [0.25, 0.3) is 0 Å². The molecule has 0 fully saturated rings. The van der Waals surface area contributed by atoms with Crippen molar-refractivity contribution in [2.24, 2.45) is 0 Å². The van der Waals surface area contributed by atoms with Gasteiger partial charge >= 0.3 is 0 Å². The van der Waals surface area contributed by atoms with Crippen molar-refractivity contribution in [2.45, 2.75) is 13.3 Å². The largest absolute Gasteiger partial charge is 0.370 e. The first-order chi connectivity index (χ1) is 8.63. The van der Waals surface area contributed by atoms with Crippen LogP contribution >= 0.6 is 0 Å². The van der Waals surface area contributed by atoms with E-state index in [1.807, 2.05) is 31.1 Å². The maximum atomic E-state index is 11.8. The third-order valence-electron chi connectivity index (χ3n) is 2.38. The molecule has 5 heteroatoms. The van der Waals surface area contributed by atoms with Crippen molar-refractivity contribution in [3.05, 3.63) is 23.9 Å². The number of rotatable bonds is 7. The minimum absolute atomic E-state index is 0.128. The first kappa shape index (κ1) is 14.4. The number of hydrogen-bond acceptors (Lipinski definition) is 4. The molecule has 0 atom stereocenters. The van der Waals surface area contributed by atoms with Crippen LogP contribution in [-0.4, -0.2) is 49.5 Å². The van der Waals surface area contributed by atoms with Crippen molar-refractivity contribution in [3.8, 4) is 0 Å². The van der Waals surface area contributed by atoms with Crippen molar-refractivity contribution in [2.75, 3.05) is 39.0 Å². The zero-order chi connectivity index (χ0) is 13.4. The van der Waals surface area contributed by atoms with Crippen LogP contribution in [0.5, 0.6) is 0 Å². The molecule has 1 aromatic heterocycles. The zero-order valence-electron chi connectivity index (χ0n) is 11.4. The molecule has 0 aromatic carbocycles. The van der Waals surface area contributed by atoms with Crippen LogP contribution in [0.15, 0.2) is 18.2 Å². The van der Waals surface area contributed by atoms with Crippen molar-refractivity contribution >= 4 is 11.7 Å². The first-order valence-corrected chi connectivity index (χ1v) is 6.27. The fourth-order valence-corrected chi connectivity index (χ4v) is 1.40. The van der Waals surface area contributed by atoms with E-state index in [9.17, 15) is 4.79 Å². The normalized spacial score (nSPS) is 10.4. The minimum atomic E-state index is -0.128. The maximum Gasteiger partial charge on any atom is 0.270 e. The molecule has 1 amide bonds. The SMILES string of the molecule is CCCNc1cccc(C(=O)NCCN(C)C)n1. The van der Waals surface area contributed by atoms with Crippen molar-refractivity contribution < 1.29 is 4.79 Å². The van der Waals surface area contributed by atoms with Crippen LogP contribution in [0.2, 0.25) is 0 Å². The van der Waals surface area contributed by atoms with E-state index in [4.69, 9.17) is 0 Å². The van der Waals surface area contributed by atoms with Crippen LogP contribution in [0, 0.1) is 0 Å². The number of carbonyl (C=O) groups is 1. The number of likely N-dealkylation sites (N-methyl/N-ethyl adjacent to an activating group) is 1. The van der Waals surface area contributed by atoms with E-state index in [-0.39, 0.29) is 5.91 Å². The summed E-state index contributed by atoms with van der Waals surface area (Å²) in [6, 6.07) is 5.43. The summed E-state index contributed by atoms with van der Waals surface area (Å²) in [7, 11) is 3.94. The van der Waals surface area contributed by atoms with Gasteiger partial charge in [0.05, 0.1) is 0 Å². The van der Waals surface area contributed by atoms with Gasteiger partial charge in [0.15, 0.2) is 0 Å². The highest BCUT2D eigenvalue weighted by Crippen LogP contribution is 2.04. The van der Waals surface area contributed by atoms with Gasteiger partial charge in [0.1, 0.15) is 11.5 Å². The Morgan fingerprint density at radius 3 is 2.78 bits per heavy atom. The summed E-state index contributed by atoms with van der Waals surface area (Å²) in [6.45, 7) is 4.39. The molecule has 0 aliphatic heterocycles. The summed E-state index contributed by atoms with van der Waals surface area (Å²) in [4.78, 5) is 18.1. The number of aromatic nitrogens is 1. The number of hydrogen-bond donors (Lipinski definition) is 2. The van der Waals surface area contributed by atoms with Crippen LogP contribution in [0.3, 0.4) is 0 Å². The highest BCUT2D eigenvalue weighted by atomic mass is 16.1. The Labute approximate surface area is 109 Å². The Hall–Kier alpha value is -1.62. The lowest BCUT2D eigenvalue weighted by Gasteiger charge is -2.10. The van der Waals surface area contributed by atoms with Gasteiger partial charge in [-0.25, -0.2) is 4.98 Å². The Bertz CT molecular complexity index is 379. The molecule has 0 unspecified atom stereocenters. The summed E-state index contributed by atoms with van der Waals surface area (Å²) in [5.74, 6) is 0.620. The lowest BCUT2D eigenvalue weighted by molar-refractivity contribution is 0.0946. The summed E-state index contributed by atoms with van der Waals surface area (Å²) in [5.41, 5.74) is 0.454. The summed E-state index contributed by atoms with van der Waals surface area (Å²) in [6.07, 6.45) is 1.03. The summed E-state index contributed by atoms with van der Waals surface area (Å²) in [5, 5.41) is 6.01. The molecule has 18 heavy (non-hydrogen) atoms. The smallest absolute Gasteiger partial charge is 0.270 e. The van der Waals surface area contributed by atoms with Gasteiger partial charge in [0, 0.05) is 19.6 Å². The van der Waals surface area contributed by atoms with E-state index in [2.05, 4.69) is 22.5 Å². The van der Waals surface area contributed by atoms with E-state index < -0.39 is 0 Å². The molecule has 0 spiro atoms. The molecule has 0 saturated carbocycles. The van der Waals surface area contributed by atoms with Gasteiger partial charge in [0.25, 0.3) is 5.91 Å². The standard InChI is InChI=1S/C13H22N4O/c1-4-8-14-12-7-5-6-11(16-12)13(18)15-9-10-17(2)3/h5-7H,4,8-10H2,1-3H3,(H,14,16)(H,15,18). The van der Waals surface area contributed by atoms with Gasteiger partial charge in [0.2, 0.25) is 0 Å². The lowest BCUT2D eigenvalue weighted by atomic mass is 10.3. The number of anilines is 1. The molecular weight excluding hydrogens is 228 g/mol. The fourth-order valence-electron chi connectivity index (χ4n) is 1.40. The summed E-state index contributed by atoms with van der Waals surface area (Å²) >= 11 is 0. The third kappa shape index (κ3) is 5.14. The van der Waals surface area contributed by atoms with Crippen LogP contribution in [0.4, 0.5) is 5.82 Å². The van der Waals surface area contributed by atoms with Gasteiger partial charge in [-0.05, 0) is 32.6 Å². The average molecular weight is 250 g/mol. The molecule has 1 aromatic rings. The third-order valence-corrected chi connectivity index (χ3v) is 2.38. The predicted molar refractivity (Wildman–Crippen MR) is 73.9 cm³/mol. The summed E-state index contributed by atoms with van der Waals surface area (Å²) < 4.78 is 0. The lowest BCUT2D eigenvalue weighted by Crippen LogP contribution is -2.31. The Kier molecular flexibility index (Phi) is 6.14. The molecule has 0 bridgehead atoms. The molecule has 0 aliphatic carbocycles. The van der Waals surface area contributed by atoms with E-state index in [1.165, 1.54) is 0 Å². The van der Waals surface area contributed by atoms with Gasteiger partial charge < -0.3 is 15.5 Å². The number of pyridine rings is 1. The molecule has 0 aliphatic rings. The molecule has 0 saturated heterocycles. The number of nitrogens with zero attached hydrogens (tertiary/aromatic N) is 2. The average Bonchev–Trinajstić information content (AvgIpc) is 2.36. The van der Waals surface area contributed by atoms with Gasteiger partial charge in [-0.3, -0.25) is 4.79 Å². The number of carbonyl (C=O) groups excluding carboxylic acids is 1. The van der Waals surface area contributed by atoms with Crippen molar-refractivity contribution in [1.29, 1.82) is 0 Å². The molecule has 0 radical (unpaired) electrons. The van der Waals surface area contributed by atoms with E-state index in [1.54, 1.807) is 6.07 Å². The zero-order valence-corrected chi connectivity index (χ0v) is 11.4. The Balaban J connectivity index is 2.51. The molecule has 1 heterocycles. The molecule has 100 valence electrons.